The smallest absolute Gasteiger partial charge is 0.126 e. The van der Waals surface area contributed by atoms with E-state index in [1.165, 1.54) is 0 Å². The van der Waals surface area contributed by atoms with Crippen LogP contribution in [0.1, 0.15) is 30.6 Å². The van der Waals surface area contributed by atoms with Crippen molar-refractivity contribution in [2.24, 2.45) is 0 Å². The Labute approximate surface area is 90.2 Å². The standard InChI is InChI=1S/C13H16O2/c1-3-4-10-8-12(14)11-7-9(2)5-6-13(11)15-10/h3-7,10,12,14H,8H2,1-2H3/t10-,12+/m1/s1. The lowest BCUT2D eigenvalue weighted by Crippen LogP contribution is -2.23. The second kappa shape index (κ2) is 4.07. The molecule has 1 N–H and O–H groups in total. The van der Waals surface area contributed by atoms with Crippen molar-refractivity contribution in [2.45, 2.75) is 32.5 Å². The van der Waals surface area contributed by atoms with Crippen LogP contribution in [-0.2, 0) is 0 Å². The number of fused-ring (bicyclic) bond motifs is 1. The Morgan fingerprint density at radius 3 is 3.00 bits per heavy atom. The quantitative estimate of drug-likeness (QED) is 0.713. The Hall–Kier alpha value is -1.28. The molecule has 1 aliphatic heterocycles. The number of ether oxygens (including phenoxy) is 1. The first-order chi connectivity index (χ1) is 7.20. The van der Waals surface area contributed by atoms with Gasteiger partial charge in [-0.2, -0.15) is 0 Å². The molecule has 0 radical (unpaired) electrons. The van der Waals surface area contributed by atoms with E-state index < -0.39 is 6.10 Å². The van der Waals surface area contributed by atoms with Gasteiger partial charge in [0.05, 0.1) is 6.10 Å². The van der Waals surface area contributed by atoms with Gasteiger partial charge in [-0.3, -0.25) is 0 Å². The molecule has 2 atom stereocenters. The summed E-state index contributed by atoms with van der Waals surface area (Å²) in [5, 5.41) is 9.97. The predicted molar refractivity (Wildman–Crippen MR) is 60.0 cm³/mol. The second-order valence-electron chi connectivity index (χ2n) is 3.97. The highest BCUT2D eigenvalue weighted by atomic mass is 16.5. The van der Waals surface area contributed by atoms with E-state index >= 15 is 0 Å². The van der Waals surface area contributed by atoms with Crippen molar-refractivity contribution in [3.8, 4) is 5.75 Å². The molecule has 0 bridgehead atoms. The average molecular weight is 204 g/mol. The van der Waals surface area contributed by atoms with Crippen LogP contribution in [0, 0.1) is 6.92 Å². The van der Waals surface area contributed by atoms with Gasteiger partial charge in [-0.05, 0) is 32.1 Å². The zero-order valence-corrected chi connectivity index (χ0v) is 9.10. The highest BCUT2D eigenvalue weighted by Gasteiger charge is 2.24. The summed E-state index contributed by atoms with van der Waals surface area (Å²) in [5.74, 6) is 0.808. The largest absolute Gasteiger partial charge is 0.486 e. The molecule has 0 saturated heterocycles. The summed E-state index contributed by atoms with van der Waals surface area (Å²) >= 11 is 0. The molecule has 80 valence electrons. The molecule has 15 heavy (non-hydrogen) atoms. The number of allylic oxidation sites excluding steroid dienone is 1. The molecular formula is C13H16O2. The molecule has 2 rings (SSSR count). The number of aliphatic hydroxyl groups is 1. The first-order valence-corrected chi connectivity index (χ1v) is 5.29. The normalized spacial score (nSPS) is 25.0. The van der Waals surface area contributed by atoms with Crippen molar-refractivity contribution in [1.29, 1.82) is 0 Å². The van der Waals surface area contributed by atoms with Gasteiger partial charge in [-0.15, -0.1) is 0 Å². The van der Waals surface area contributed by atoms with Gasteiger partial charge in [-0.1, -0.05) is 17.7 Å². The zero-order chi connectivity index (χ0) is 10.8. The van der Waals surface area contributed by atoms with Gasteiger partial charge in [0.15, 0.2) is 0 Å². The molecule has 0 unspecified atom stereocenters. The van der Waals surface area contributed by atoms with Gasteiger partial charge in [-0.25, -0.2) is 0 Å². The maximum absolute atomic E-state index is 9.97. The van der Waals surface area contributed by atoms with Crippen molar-refractivity contribution >= 4 is 0 Å². The van der Waals surface area contributed by atoms with Gasteiger partial charge in [0.2, 0.25) is 0 Å². The Kier molecular flexibility index (Phi) is 2.78. The van der Waals surface area contributed by atoms with Gasteiger partial charge in [0.25, 0.3) is 0 Å². The summed E-state index contributed by atoms with van der Waals surface area (Å²) in [7, 11) is 0. The van der Waals surface area contributed by atoms with Gasteiger partial charge in [0.1, 0.15) is 11.9 Å². The number of aryl methyl sites for hydroxylation is 1. The number of benzene rings is 1. The van der Waals surface area contributed by atoms with E-state index in [2.05, 4.69) is 0 Å². The maximum Gasteiger partial charge on any atom is 0.126 e. The fourth-order valence-electron chi connectivity index (χ4n) is 1.93. The summed E-state index contributed by atoms with van der Waals surface area (Å²) in [5.41, 5.74) is 2.07. The molecule has 1 aliphatic rings. The van der Waals surface area contributed by atoms with E-state index in [4.69, 9.17) is 4.74 Å². The Bertz CT molecular complexity index is 382. The number of aliphatic hydroxyl groups excluding tert-OH is 1. The molecule has 0 amide bonds. The van der Waals surface area contributed by atoms with Crippen molar-refractivity contribution in [2.75, 3.05) is 0 Å². The van der Waals surface area contributed by atoms with Crippen LogP contribution in [0.5, 0.6) is 5.75 Å². The Morgan fingerprint density at radius 1 is 1.47 bits per heavy atom. The van der Waals surface area contributed by atoms with E-state index in [9.17, 15) is 5.11 Å². The van der Waals surface area contributed by atoms with Crippen molar-refractivity contribution in [1.82, 2.24) is 0 Å². The topological polar surface area (TPSA) is 29.5 Å². The minimum Gasteiger partial charge on any atom is -0.486 e. The van der Waals surface area contributed by atoms with Gasteiger partial charge in [0, 0.05) is 12.0 Å². The summed E-state index contributed by atoms with van der Waals surface area (Å²) in [6.45, 7) is 3.98. The third-order valence-electron chi connectivity index (χ3n) is 2.67. The minimum absolute atomic E-state index is 0.000191. The Balaban J connectivity index is 2.32. The van der Waals surface area contributed by atoms with E-state index in [-0.39, 0.29) is 6.10 Å². The molecular weight excluding hydrogens is 188 g/mol. The fourth-order valence-corrected chi connectivity index (χ4v) is 1.93. The van der Waals surface area contributed by atoms with Gasteiger partial charge < -0.3 is 9.84 Å². The molecule has 0 aliphatic carbocycles. The van der Waals surface area contributed by atoms with E-state index in [0.29, 0.717) is 6.42 Å². The van der Waals surface area contributed by atoms with Crippen LogP contribution >= 0.6 is 0 Å². The summed E-state index contributed by atoms with van der Waals surface area (Å²) < 4.78 is 5.75. The highest BCUT2D eigenvalue weighted by Crippen LogP contribution is 2.35. The number of rotatable bonds is 1. The number of hydrogen-bond donors (Lipinski definition) is 1. The van der Waals surface area contributed by atoms with Crippen LogP contribution in [0.4, 0.5) is 0 Å². The molecule has 1 aromatic carbocycles. The van der Waals surface area contributed by atoms with Gasteiger partial charge >= 0.3 is 0 Å². The van der Waals surface area contributed by atoms with Crippen LogP contribution < -0.4 is 4.74 Å². The predicted octanol–water partition coefficient (Wildman–Crippen LogP) is 2.76. The highest BCUT2D eigenvalue weighted by molar-refractivity contribution is 5.40. The monoisotopic (exact) mass is 204 g/mol. The SMILES string of the molecule is CC=C[C@@H]1C[C@H](O)c2cc(C)ccc2O1. The van der Waals surface area contributed by atoms with Crippen molar-refractivity contribution in [3.63, 3.8) is 0 Å². The molecule has 2 heteroatoms. The molecule has 0 fully saturated rings. The minimum atomic E-state index is -0.408. The lowest BCUT2D eigenvalue weighted by Gasteiger charge is -2.28. The third kappa shape index (κ3) is 2.05. The van der Waals surface area contributed by atoms with E-state index in [1.54, 1.807) is 0 Å². The summed E-state index contributed by atoms with van der Waals surface area (Å²) in [4.78, 5) is 0. The second-order valence-corrected chi connectivity index (χ2v) is 3.97. The average Bonchev–Trinajstić information content (AvgIpc) is 2.20. The lowest BCUT2D eigenvalue weighted by atomic mass is 9.97. The summed E-state index contributed by atoms with van der Waals surface area (Å²) in [6.07, 6.45) is 4.17. The Morgan fingerprint density at radius 2 is 2.27 bits per heavy atom. The first kappa shape index (κ1) is 10.2. The zero-order valence-electron chi connectivity index (χ0n) is 9.10. The lowest BCUT2D eigenvalue weighted by molar-refractivity contribution is 0.0869. The first-order valence-electron chi connectivity index (χ1n) is 5.29. The third-order valence-corrected chi connectivity index (χ3v) is 2.67. The van der Waals surface area contributed by atoms with Crippen LogP contribution in [0.3, 0.4) is 0 Å². The summed E-state index contributed by atoms with van der Waals surface area (Å²) in [6, 6.07) is 5.93. The van der Waals surface area contributed by atoms with Crippen LogP contribution in [-0.4, -0.2) is 11.2 Å². The molecule has 0 spiro atoms. The maximum atomic E-state index is 9.97. The van der Waals surface area contributed by atoms with Crippen molar-refractivity contribution < 1.29 is 9.84 Å². The molecule has 1 heterocycles. The van der Waals surface area contributed by atoms with E-state index in [0.717, 1.165) is 16.9 Å². The van der Waals surface area contributed by atoms with Crippen LogP contribution in [0.25, 0.3) is 0 Å². The van der Waals surface area contributed by atoms with Crippen molar-refractivity contribution in [3.05, 3.63) is 41.5 Å². The molecule has 2 nitrogen and oxygen atoms in total. The fraction of sp³-hybridized carbons (Fsp3) is 0.385. The number of hydrogen-bond acceptors (Lipinski definition) is 2. The molecule has 0 aromatic heterocycles. The molecule has 0 saturated carbocycles. The molecule has 1 aromatic rings. The van der Waals surface area contributed by atoms with E-state index in [1.807, 2.05) is 44.2 Å². The van der Waals surface area contributed by atoms with Crippen LogP contribution in [0.15, 0.2) is 30.4 Å². The van der Waals surface area contributed by atoms with Crippen LogP contribution in [0.2, 0.25) is 0 Å².